The molecule has 20 heavy (non-hydrogen) atoms. The van der Waals surface area contributed by atoms with E-state index in [1.54, 1.807) is 0 Å². The largest absolute Gasteiger partial charge is 0.385 e. The van der Waals surface area contributed by atoms with Gasteiger partial charge in [0, 0.05) is 30.9 Å². The fourth-order valence-corrected chi connectivity index (χ4v) is 3.24. The third-order valence-corrected chi connectivity index (χ3v) is 4.91. The molecule has 0 radical (unpaired) electrons. The highest BCUT2D eigenvalue weighted by molar-refractivity contribution is 5.95. The van der Waals surface area contributed by atoms with Crippen LogP contribution in [0.4, 0.5) is 5.69 Å². The smallest absolute Gasteiger partial charge is 0.253 e. The van der Waals surface area contributed by atoms with E-state index in [1.807, 2.05) is 11.0 Å². The van der Waals surface area contributed by atoms with E-state index >= 15 is 0 Å². The molecule has 0 bridgehead atoms. The summed E-state index contributed by atoms with van der Waals surface area (Å²) in [5.74, 6) is 1.54. The summed E-state index contributed by atoms with van der Waals surface area (Å²) in [5, 5.41) is 3.40. The molecule has 0 spiro atoms. The van der Waals surface area contributed by atoms with E-state index in [0.29, 0.717) is 5.92 Å². The number of likely N-dealkylation sites (tertiary alicyclic amines) is 1. The Kier molecular flexibility index (Phi) is 3.68. The molecule has 1 fully saturated rings. The van der Waals surface area contributed by atoms with Crippen molar-refractivity contribution in [3.8, 4) is 0 Å². The highest BCUT2D eigenvalue weighted by atomic mass is 16.2. The van der Waals surface area contributed by atoms with Crippen LogP contribution in [0.1, 0.15) is 42.6 Å². The zero-order valence-corrected chi connectivity index (χ0v) is 12.5. The Morgan fingerprint density at radius 2 is 2.15 bits per heavy atom. The number of fused-ring (bicyclic) bond motifs is 1. The molecule has 2 heterocycles. The van der Waals surface area contributed by atoms with Crippen LogP contribution in [-0.4, -0.2) is 30.4 Å². The molecular formula is C17H24N2O. The average Bonchev–Trinajstić information content (AvgIpc) is 2.49. The summed E-state index contributed by atoms with van der Waals surface area (Å²) in [7, 11) is 0. The third-order valence-electron chi connectivity index (χ3n) is 4.91. The molecule has 1 N–H and O–H groups in total. The van der Waals surface area contributed by atoms with Crippen molar-refractivity contribution in [3.63, 3.8) is 0 Å². The topological polar surface area (TPSA) is 32.3 Å². The number of piperidine rings is 1. The van der Waals surface area contributed by atoms with Crippen molar-refractivity contribution in [2.24, 2.45) is 11.8 Å². The van der Waals surface area contributed by atoms with Crippen LogP contribution in [0.5, 0.6) is 0 Å². The first kappa shape index (κ1) is 13.5. The summed E-state index contributed by atoms with van der Waals surface area (Å²) in [6.07, 6.45) is 3.36. The summed E-state index contributed by atoms with van der Waals surface area (Å²) in [6.45, 7) is 7.38. The number of carbonyl (C=O) groups is 1. The predicted molar refractivity (Wildman–Crippen MR) is 82.1 cm³/mol. The van der Waals surface area contributed by atoms with Gasteiger partial charge in [0.25, 0.3) is 5.91 Å². The van der Waals surface area contributed by atoms with Gasteiger partial charge in [-0.15, -0.1) is 0 Å². The standard InChI is InChI=1S/C17H24N2O/c1-12-7-9-19(11-13(12)2)17(20)15-5-6-16-14(10-15)4-3-8-18-16/h5-6,10,12-13,18H,3-4,7-9,11H2,1-2H3. The van der Waals surface area contributed by atoms with Gasteiger partial charge >= 0.3 is 0 Å². The second-order valence-electron chi connectivity index (χ2n) is 6.40. The Balaban J connectivity index is 1.77. The van der Waals surface area contributed by atoms with Crippen LogP contribution in [0, 0.1) is 11.8 Å². The second kappa shape index (κ2) is 5.47. The molecule has 1 saturated heterocycles. The number of hydrogen-bond acceptors (Lipinski definition) is 2. The minimum absolute atomic E-state index is 0.206. The Labute approximate surface area is 121 Å². The van der Waals surface area contributed by atoms with Crippen LogP contribution in [0.25, 0.3) is 0 Å². The molecule has 0 saturated carbocycles. The van der Waals surface area contributed by atoms with Crippen molar-refractivity contribution in [2.75, 3.05) is 25.0 Å². The Bertz CT molecular complexity index is 512. The fourth-order valence-electron chi connectivity index (χ4n) is 3.24. The van der Waals surface area contributed by atoms with Crippen LogP contribution in [0.2, 0.25) is 0 Å². The summed E-state index contributed by atoms with van der Waals surface area (Å²) in [6, 6.07) is 6.13. The van der Waals surface area contributed by atoms with E-state index in [-0.39, 0.29) is 5.91 Å². The fraction of sp³-hybridized carbons (Fsp3) is 0.588. The van der Waals surface area contributed by atoms with Crippen molar-refractivity contribution in [1.29, 1.82) is 0 Å². The van der Waals surface area contributed by atoms with Crippen LogP contribution in [-0.2, 0) is 6.42 Å². The monoisotopic (exact) mass is 272 g/mol. The molecule has 2 atom stereocenters. The lowest BCUT2D eigenvalue weighted by molar-refractivity contribution is 0.0627. The summed E-state index contributed by atoms with van der Waals surface area (Å²) in [4.78, 5) is 14.7. The van der Waals surface area contributed by atoms with Gasteiger partial charge in [0.15, 0.2) is 0 Å². The quantitative estimate of drug-likeness (QED) is 0.851. The predicted octanol–water partition coefficient (Wildman–Crippen LogP) is 3.16. The van der Waals surface area contributed by atoms with E-state index in [9.17, 15) is 4.79 Å². The maximum Gasteiger partial charge on any atom is 0.253 e. The van der Waals surface area contributed by atoms with Gasteiger partial charge in [0.05, 0.1) is 0 Å². The first-order valence-corrected chi connectivity index (χ1v) is 7.81. The van der Waals surface area contributed by atoms with Gasteiger partial charge in [-0.05, 0) is 54.9 Å². The zero-order valence-electron chi connectivity index (χ0n) is 12.5. The van der Waals surface area contributed by atoms with Crippen LogP contribution < -0.4 is 5.32 Å². The molecule has 1 aromatic carbocycles. The molecule has 1 aromatic rings. The number of anilines is 1. The molecule has 2 aliphatic heterocycles. The lowest BCUT2D eigenvalue weighted by atomic mass is 9.88. The van der Waals surface area contributed by atoms with Gasteiger partial charge in [-0.2, -0.15) is 0 Å². The van der Waals surface area contributed by atoms with Gasteiger partial charge in [-0.25, -0.2) is 0 Å². The first-order valence-electron chi connectivity index (χ1n) is 7.81. The number of nitrogens with one attached hydrogen (secondary N) is 1. The van der Waals surface area contributed by atoms with Crippen molar-refractivity contribution in [2.45, 2.75) is 33.1 Å². The molecule has 108 valence electrons. The molecule has 0 aromatic heterocycles. The second-order valence-corrected chi connectivity index (χ2v) is 6.40. The molecule has 3 nitrogen and oxygen atoms in total. The van der Waals surface area contributed by atoms with Gasteiger partial charge in [0.2, 0.25) is 0 Å². The molecule has 3 heteroatoms. The minimum atomic E-state index is 0.206. The lowest BCUT2D eigenvalue weighted by Crippen LogP contribution is -2.42. The third kappa shape index (κ3) is 2.54. The van der Waals surface area contributed by atoms with Gasteiger partial charge < -0.3 is 10.2 Å². The van der Waals surface area contributed by atoms with Crippen molar-refractivity contribution in [3.05, 3.63) is 29.3 Å². The molecule has 0 aliphatic carbocycles. The Hall–Kier alpha value is -1.51. The number of hydrogen-bond donors (Lipinski definition) is 1. The molecule has 3 rings (SSSR count). The number of rotatable bonds is 1. The van der Waals surface area contributed by atoms with E-state index in [0.717, 1.165) is 50.4 Å². The summed E-state index contributed by atoms with van der Waals surface area (Å²) >= 11 is 0. The van der Waals surface area contributed by atoms with E-state index in [2.05, 4.69) is 31.3 Å². The van der Waals surface area contributed by atoms with E-state index in [1.165, 1.54) is 11.3 Å². The van der Waals surface area contributed by atoms with Crippen molar-refractivity contribution < 1.29 is 4.79 Å². The minimum Gasteiger partial charge on any atom is -0.385 e. The van der Waals surface area contributed by atoms with E-state index in [4.69, 9.17) is 0 Å². The van der Waals surface area contributed by atoms with Crippen LogP contribution >= 0.6 is 0 Å². The molecule has 2 aliphatic rings. The van der Waals surface area contributed by atoms with Crippen molar-refractivity contribution in [1.82, 2.24) is 4.90 Å². The SMILES string of the molecule is CC1CCN(C(=O)c2ccc3c(c2)CCCN3)CC1C. The van der Waals surface area contributed by atoms with Gasteiger partial charge in [0.1, 0.15) is 0 Å². The normalized spacial score (nSPS) is 25.8. The number of carbonyl (C=O) groups excluding carboxylic acids is 1. The number of aryl methyl sites for hydroxylation is 1. The van der Waals surface area contributed by atoms with Gasteiger partial charge in [-0.1, -0.05) is 13.8 Å². The maximum absolute atomic E-state index is 12.6. The Morgan fingerprint density at radius 1 is 1.30 bits per heavy atom. The molecular weight excluding hydrogens is 248 g/mol. The highest BCUT2D eigenvalue weighted by Gasteiger charge is 2.26. The molecule has 2 unspecified atom stereocenters. The van der Waals surface area contributed by atoms with Gasteiger partial charge in [-0.3, -0.25) is 4.79 Å². The van der Waals surface area contributed by atoms with E-state index < -0.39 is 0 Å². The van der Waals surface area contributed by atoms with Crippen LogP contribution in [0.15, 0.2) is 18.2 Å². The maximum atomic E-state index is 12.6. The first-order chi connectivity index (χ1) is 9.65. The lowest BCUT2D eigenvalue weighted by Gasteiger charge is -2.35. The number of nitrogens with zero attached hydrogens (tertiary/aromatic N) is 1. The average molecular weight is 272 g/mol. The highest BCUT2D eigenvalue weighted by Crippen LogP contribution is 2.26. The van der Waals surface area contributed by atoms with Crippen molar-refractivity contribution >= 4 is 11.6 Å². The summed E-state index contributed by atoms with van der Waals surface area (Å²) in [5.41, 5.74) is 3.35. The zero-order chi connectivity index (χ0) is 14.1. The number of benzene rings is 1. The number of amides is 1. The van der Waals surface area contributed by atoms with Crippen LogP contribution in [0.3, 0.4) is 0 Å². The summed E-state index contributed by atoms with van der Waals surface area (Å²) < 4.78 is 0. The Morgan fingerprint density at radius 3 is 2.95 bits per heavy atom. The molecule has 1 amide bonds.